The molecule has 2 heterocycles. The number of hydrogen-bond acceptors (Lipinski definition) is 5. The van der Waals surface area contributed by atoms with E-state index >= 15 is 0 Å². The molecule has 0 bridgehead atoms. The molecule has 7 heteroatoms. The van der Waals surface area contributed by atoms with Gasteiger partial charge in [-0.05, 0) is 24.3 Å². The minimum Gasteiger partial charge on any atom is -0.497 e. The van der Waals surface area contributed by atoms with E-state index in [1.54, 1.807) is 31.3 Å². The number of aromatic nitrogens is 4. The van der Waals surface area contributed by atoms with Gasteiger partial charge in [-0.25, -0.2) is 4.98 Å². The van der Waals surface area contributed by atoms with E-state index in [-0.39, 0.29) is 0 Å². The summed E-state index contributed by atoms with van der Waals surface area (Å²) in [4.78, 5) is 4.27. The number of pyridine rings is 1. The van der Waals surface area contributed by atoms with Crippen molar-refractivity contribution in [1.29, 1.82) is 0 Å². The lowest BCUT2D eigenvalue weighted by molar-refractivity contribution is 0.414. The van der Waals surface area contributed by atoms with Gasteiger partial charge >= 0.3 is 0 Å². The summed E-state index contributed by atoms with van der Waals surface area (Å²) in [5.74, 6) is 1.46. The van der Waals surface area contributed by atoms with Crippen LogP contribution in [0.4, 0.5) is 0 Å². The van der Waals surface area contributed by atoms with Gasteiger partial charge in [0.25, 0.3) is 0 Å². The smallest absolute Gasteiger partial charge is 0.195 e. The fourth-order valence-corrected chi connectivity index (χ4v) is 2.95. The van der Waals surface area contributed by atoms with Crippen molar-refractivity contribution in [3.8, 4) is 11.4 Å². The summed E-state index contributed by atoms with van der Waals surface area (Å²) in [6.07, 6.45) is 1.68. The summed E-state index contributed by atoms with van der Waals surface area (Å²) in [6, 6.07) is 13.3. The standard InChI is InChI=1S/C15H13ClN4OS/c1-21-13-6-3-5-12(8-13)20-10-17-19-15(20)22-9-11-4-2-7-14(16)18-11/h2-8,10H,9H2,1H3. The Kier molecular flexibility index (Phi) is 4.60. The molecule has 0 atom stereocenters. The summed E-state index contributed by atoms with van der Waals surface area (Å²) in [7, 11) is 1.64. The predicted molar refractivity (Wildman–Crippen MR) is 86.7 cm³/mol. The molecule has 0 radical (unpaired) electrons. The minimum atomic E-state index is 0.493. The van der Waals surface area contributed by atoms with Gasteiger partial charge in [0, 0.05) is 11.8 Å². The third-order valence-electron chi connectivity index (χ3n) is 2.97. The van der Waals surface area contributed by atoms with Gasteiger partial charge in [0.05, 0.1) is 18.5 Å². The number of ether oxygens (including phenoxy) is 1. The van der Waals surface area contributed by atoms with Crippen LogP contribution in [0.3, 0.4) is 0 Å². The third kappa shape index (κ3) is 3.40. The SMILES string of the molecule is COc1cccc(-n2cnnc2SCc2cccc(Cl)n2)c1. The van der Waals surface area contributed by atoms with E-state index in [9.17, 15) is 0 Å². The molecule has 0 aliphatic heterocycles. The highest BCUT2D eigenvalue weighted by molar-refractivity contribution is 7.98. The Morgan fingerprint density at radius 2 is 2.09 bits per heavy atom. The highest BCUT2D eigenvalue weighted by atomic mass is 35.5. The fraction of sp³-hybridized carbons (Fsp3) is 0.133. The maximum absolute atomic E-state index is 5.90. The van der Waals surface area contributed by atoms with E-state index in [0.29, 0.717) is 10.9 Å². The Balaban J connectivity index is 1.80. The molecular weight excluding hydrogens is 320 g/mol. The van der Waals surface area contributed by atoms with Crippen LogP contribution in [0.5, 0.6) is 5.75 Å². The first-order valence-electron chi connectivity index (χ1n) is 6.55. The van der Waals surface area contributed by atoms with Crippen LogP contribution in [-0.2, 0) is 5.75 Å². The van der Waals surface area contributed by atoms with Gasteiger partial charge in [-0.2, -0.15) is 0 Å². The predicted octanol–water partition coefficient (Wildman–Crippen LogP) is 3.62. The van der Waals surface area contributed by atoms with E-state index in [0.717, 1.165) is 22.3 Å². The van der Waals surface area contributed by atoms with Crippen molar-refractivity contribution in [2.24, 2.45) is 0 Å². The second-order valence-electron chi connectivity index (χ2n) is 4.43. The molecule has 112 valence electrons. The zero-order valence-corrected chi connectivity index (χ0v) is 13.4. The van der Waals surface area contributed by atoms with Gasteiger partial charge in [-0.1, -0.05) is 35.5 Å². The number of thioether (sulfide) groups is 1. The number of methoxy groups -OCH3 is 1. The Morgan fingerprint density at radius 1 is 1.23 bits per heavy atom. The molecule has 2 aromatic heterocycles. The molecule has 3 aromatic rings. The summed E-state index contributed by atoms with van der Waals surface area (Å²) in [5.41, 5.74) is 1.85. The molecule has 0 aliphatic carbocycles. The lowest BCUT2D eigenvalue weighted by Crippen LogP contribution is -1.96. The van der Waals surface area contributed by atoms with E-state index < -0.39 is 0 Å². The minimum absolute atomic E-state index is 0.493. The molecule has 1 aromatic carbocycles. The molecule has 0 spiro atoms. The van der Waals surface area contributed by atoms with Crippen molar-refractivity contribution in [3.63, 3.8) is 0 Å². The van der Waals surface area contributed by atoms with Crippen LogP contribution in [0.25, 0.3) is 5.69 Å². The van der Waals surface area contributed by atoms with Crippen LogP contribution in [0.1, 0.15) is 5.69 Å². The molecule has 0 saturated carbocycles. The number of rotatable bonds is 5. The summed E-state index contributed by atoms with van der Waals surface area (Å²) in [6.45, 7) is 0. The summed E-state index contributed by atoms with van der Waals surface area (Å²) < 4.78 is 7.16. The summed E-state index contributed by atoms with van der Waals surface area (Å²) >= 11 is 7.45. The molecule has 0 N–H and O–H groups in total. The van der Waals surface area contributed by atoms with Crippen molar-refractivity contribution in [3.05, 3.63) is 59.6 Å². The Bertz CT molecular complexity index is 777. The Hall–Kier alpha value is -2.05. The van der Waals surface area contributed by atoms with Crippen LogP contribution in [0.15, 0.2) is 53.9 Å². The average Bonchev–Trinajstić information content (AvgIpc) is 3.01. The maximum atomic E-state index is 5.90. The zero-order valence-electron chi connectivity index (χ0n) is 11.8. The molecular formula is C15H13ClN4OS. The monoisotopic (exact) mass is 332 g/mol. The second-order valence-corrected chi connectivity index (χ2v) is 5.76. The Labute approximate surface area is 137 Å². The van der Waals surface area contributed by atoms with Gasteiger partial charge in [0.2, 0.25) is 0 Å². The lowest BCUT2D eigenvalue weighted by Gasteiger charge is -2.07. The summed E-state index contributed by atoms with van der Waals surface area (Å²) in [5, 5.41) is 9.43. The van der Waals surface area contributed by atoms with Gasteiger partial charge in [0.15, 0.2) is 5.16 Å². The zero-order chi connectivity index (χ0) is 15.4. The van der Waals surface area contributed by atoms with Crippen molar-refractivity contribution in [2.45, 2.75) is 10.9 Å². The first-order valence-corrected chi connectivity index (χ1v) is 7.91. The maximum Gasteiger partial charge on any atom is 0.195 e. The van der Waals surface area contributed by atoms with Crippen molar-refractivity contribution >= 4 is 23.4 Å². The first-order chi connectivity index (χ1) is 10.8. The van der Waals surface area contributed by atoms with Gasteiger partial charge in [-0.15, -0.1) is 10.2 Å². The van der Waals surface area contributed by atoms with Gasteiger partial charge in [0.1, 0.15) is 17.2 Å². The quantitative estimate of drug-likeness (QED) is 0.527. The first kappa shape index (κ1) is 14.9. The molecule has 0 aliphatic rings. The Morgan fingerprint density at radius 3 is 2.91 bits per heavy atom. The topological polar surface area (TPSA) is 52.8 Å². The van der Waals surface area contributed by atoms with Crippen LogP contribution >= 0.6 is 23.4 Å². The molecule has 0 saturated heterocycles. The highest BCUT2D eigenvalue weighted by Gasteiger charge is 2.09. The number of halogens is 1. The second kappa shape index (κ2) is 6.81. The van der Waals surface area contributed by atoms with Crippen molar-refractivity contribution in [1.82, 2.24) is 19.7 Å². The van der Waals surface area contributed by atoms with Crippen molar-refractivity contribution < 1.29 is 4.74 Å². The largest absolute Gasteiger partial charge is 0.497 e. The average molecular weight is 333 g/mol. The van der Waals surface area contributed by atoms with E-state index in [4.69, 9.17) is 16.3 Å². The van der Waals surface area contributed by atoms with Crippen LogP contribution < -0.4 is 4.74 Å². The highest BCUT2D eigenvalue weighted by Crippen LogP contribution is 2.24. The number of benzene rings is 1. The molecule has 0 fully saturated rings. The van der Waals surface area contributed by atoms with Crippen LogP contribution in [-0.4, -0.2) is 26.9 Å². The van der Waals surface area contributed by atoms with E-state index in [1.807, 2.05) is 41.0 Å². The van der Waals surface area contributed by atoms with Crippen molar-refractivity contribution in [2.75, 3.05) is 7.11 Å². The number of nitrogens with zero attached hydrogens (tertiary/aromatic N) is 4. The molecule has 3 rings (SSSR count). The molecule has 22 heavy (non-hydrogen) atoms. The molecule has 5 nitrogen and oxygen atoms in total. The third-order valence-corrected chi connectivity index (χ3v) is 4.16. The van der Waals surface area contributed by atoms with Crippen LogP contribution in [0.2, 0.25) is 5.15 Å². The fourth-order valence-electron chi connectivity index (χ4n) is 1.93. The normalized spacial score (nSPS) is 10.6. The molecule has 0 unspecified atom stereocenters. The van der Waals surface area contributed by atoms with Crippen LogP contribution in [0, 0.1) is 0 Å². The number of hydrogen-bond donors (Lipinski definition) is 0. The van der Waals surface area contributed by atoms with E-state index in [2.05, 4.69) is 15.2 Å². The van der Waals surface area contributed by atoms with E-state index in [1.165, 1.54) is 0 Å². The van der Waals surface area contributed by atoms with Gasteiger partial charge in [-0.3, -0.25) is 4.57 Å². The van der Waals surface area contributed by atoms with Gasteiger partial charge < -0.3 is 4.74 Å². The molecule has 0 amide bonds. The lowest BCUT2D eigenvalue weighted by atomic mass is 10.3.